The molecule has 2 aliphatic rings. The number of hydrogen-bond donors (Lipinski definition) is 1. The zero-order valence-corrected chi connectivity index (χ0v) is 25.3. The molecule has 2 aliphatic heterocycles. The maximum Gasteiger partial charge on any atom is 0.471 e. The van der Waals surface area contributed by atoms with Crippen molar-refractivity contribution in [3.05, 3.63) is 65.7 Å². The molecule has 3 aromatic rings. The van der Waals surface area contributed by atoms with Crippen molar-refractivity contribution in [3.8, 4) is 0 Å². The SMILES string of the molecule is Cc1cc(N2CCN(C(=O)OCc3ccccc3)CC2)nc2ccc(NC(=O)CN(C(=O)C(F)(F)F)C3CCN(C)CC3)cc12. The Morgan fingerprint density at radius 1 is 0.978 bits per heavy atom. The number of aryl methyl sites for hydroxylation is 1. The third-order valence-corrected chi connectivity index (χ3v) is 8.30. The van der Waals surface area contributed by atoms with Gasteiger partial charge >= 0.3 is 18.2 Å². The summed E-state index contributed by atoms with van der Waals surface area (Å²) in [6.07, 6.45) is -4.69. The van der Waals surface area contributed by atoms with E-state index in [-0.39, 0.29) is 12.7 Å². The zero-order valence-electron chi connectivity index (χ0n) is 25.3. The van der Waals surface area contributed by atoms with Crippen LogP contribution in [-0.2, 0) is 20.9 Å². The molecule has 1 aromatic heterocycles. The van der Waals surface area contributed by atoms with E-state index in [4.69, 9.17) is 9.72 Å². The molecule has 3 heterocycles. The monoisotopic (exact) mass is 626 g/mol. The second-order valence-electron chi connectivity index (χ2n) is 11.6. The number of nitrogens with one attached hydrogen (secondary N) is 1. The molecule has 0 unspecified atom stereocenters. The van der Waals surface area contributed by atoms with Gasteiger partial charge in [0.2, 0.25) is 5.91 Å². The Morgan fingerprint density at radius 2 is 1.67 bits per heavy atom. The fourth-order valence-corrected chi connectivity index (χ4v) is 5.74. The van der Waals surface area contributed by atoms with Gasteiger partial charge in [0, 0.05) is 43.3 Å². The van der Waals surface area contributed by atoms with Crippen LogP contribution in [0.4, 0.5) is 29.5 Å². The lowest BCUT2D eigenvalue weighted by Crippen LogP contribution is -2.53. The number of fused-ring (bicyclic) bond motifs is 1. The highest BCUT2D eigenvalue weighted by atomic mass is 19.4. The van der Waals surface area contributed by atoms with Crippen LogP contribution in [0.5, 0.6) is 0 Å². The fraction of sp³-hybridized carbons (Fsp3) is 0.438. The number of carbonyl (C=O) groups is 3. The summed E-state index contributed by atoms with van der Waals surface area (Å²) >= 11 is 0. The molecule has 0 radical (unpaired) electrons. The molecule has 1 N–H and O–H groups in total. The number of aromatic nitrogens is 1. The van der Waals surface area contributed by atoms with Gasteiger partial charge in [-0.25, -0.2) is 9.78 Å². The van der Waals surface area contributed by atoms with Gasteiger partial charge in [-0.3, -0.25) is 9.59 Å². The number of piperazine rings is 1. The number of ether oxygens (including phenoxy) is 1. The number of rotatable bonds is 7. The number of likely N-dealkylation sites (tertiary alicyclic amines) is 1. The van der Waals surface area contributed by atoms with E-state index in [0.29, 0.717) is 68.2 Å². The molecule has 2 fully saturated rings. The Morgan fingerprint density at radius 3 is 2.33 bits per heavy atom. The number of amides is 3. The number of anilines is 2. The van der Waals surface area contributed by atoms with E-state index in [1.54, 1.807) is 23.1 Å². The lowest BCUT2D eigenvalue weighted by Gasteiger charge is -2.37. The third-order valence-electron chi connectivity index (χ3n) is 8.30. The van der Waals surface area contributed by atoms with Gasteiger partial charge in [0.15, 0.2) is 0 Å². The first-order valence-corrected chi connectivity index (χ1v) is 15.0. The summed E-state index contributed by atoms with van der Waals surface area (Å²) in [5.74, 6) is -1.94. The minimum absolute atomic E-state index is 0.218. The Balaban J connectivity index is 1.20. The van der Waals surface area contributed by atoms with Crippen molar-refractivity contribution in [2.75, 3.05) is 63.1 Å². The first-order valence-electron chi connectivity index (χ1n) is 15.0. The number of pyridine rings is 1. The van der Waals surface area contributed by atoms with E-state index < -0.39 is 30.6 Å². The van der Waals surface area contributed by atoms with Crippen molar-refractivity contribution in [1.29, 1.82) is 0 Å². The second kappa shape index (κ2) is 13.7. The van der Waals surface area contributed by atoms with E-state index in [1.807, 2.05) is 55.3 Å². The summed E-state index contributed by atoms with van der Waals surface area (Å²) in [4.78, 5) is 48.9. The minimum Gasteiger partial charge on any atom is -0.445 e. The summed E-state index contributed by atoms with van der Waals surface area (Å²) in [7, 11) is 1.87. The first-order chi connectivity index (χ1) is 21.5. The van der Waals surface area contributed by atoms with Crippen molar-refractivity contribution >= 4 is 40.3 Å². The number of hydrogen-bond acceptors (Lipinski definition) is 7. The Bertz CT molecular complexity index is 1520. The molecule has 0 bridgehead atoms. The van der Waals surface area contributed by atoms with Crippen LogP contribution in [0.15, 0.2) is 54.6 Å². The van der Waals surface area contributed by atoms with E-state index in [1.165, 1.54) is 0 Å². The molecule has 0 spiro atoms. The molecule has 2 aromatic carbocycles. The number of piperidine rings is 1. The van der Waals surface area contributed by atoms with Gasteiger partial charge in [0.25, 0.3) is 0 Å². The molecule has 240 valence electrons. The highest BCUT2D eigenvalue weighted by molar-refractivity contribution is 5.97. The normalized spacial score (nSPS) is 16.5. The zero-order chi connectivity index (χ0) is 32.1. The van der Waals surface area contributed by atoms with Crippen molar-refractivity contribution < 1.29 is 32.3 Å². The number of halogens is 3. The van der Waals surface area contributed by atoms with Crippen molar-refractivity contribution in [3.63, 3.8) is 0 Å². The largest absolute Gasteiger partial charge is 0.471 e. The molecular weight excluding hydrogens is 589 g/mol. The highest BCUT2D eigenvalue weighted by Crippen LogP contribution is 2.27. The number of carbonyl (C=O) groups excluding carboxylic acids is 3. The summed E-state index contributed by atoms with van der Waals surface area (Å²) in [6.45, 7) is 4.68. The van der Waals surface area contributed by atoms with Crippen LogP contribution in [0, 0.1) is 6.92 Å². The summed E-state index contributed by atoms with van der Waals surface area (Å²) in [5.41, 5.74) is 2.91. The van der Waals surface area contributed by atoms with Crippen molar-refractivity contribution in [1.82, 2.24) is 19.7 Å². The molecule has 45 heavy (non-hydrogen) atoms. The molecule has 10 nitrogen and oxygen atoms in total. The summed E-state index contributed by atoms with van der Waals surface area (Å²) in [5, 5.41) is 3.44. The van der Waals surface area contributed by atoms with E-state index in [2.05, 4.69) is 10.2 Å². The van der Waals surface area contributed by atoms with Crippen LogP contribution >= 0.6 is 0 Å². The molecule has 2 saturated heterocycles. The Hall–Kier alpha value is -4.39. The lowest BCUT2D eigenvalue weighted by atomic mass is 10.0. The third kappa shape index (κ3) is 8.01. The molecular formula is C32H37F3N6O4. The Labute approximate surface area is 259 Å². The number of nitrogens with zero attached hydrogens (tertiary/aromatic N) is 5. The average molecular weight is 627 g/mol. The van der Waals surface area contributed by atoms with Gasteiger partial charge in [0.05, 0.1) is 5.52 Å². The predicted molar refractivity (Wildman–Crippen MR) is 164 cm³/mol. The van der Waals surface area contributed by atoms with Crippen LogP contribution in [0.2, 0.25) is 0 Å². The lowest BCUT2D eigenvalue weighted by molar-refractivity contribution is -0.188. The second-order valence-corrected chi connectivity index (χ2v) is 11.6. The van der Waals surface area contributed by atoms with Gasteiger partial charge in [-0.15, -0.1) is 0 Å². The fourth-order valence-electron chi connectivity index (χ4n) is 5.74. The van der Waals surface area contributed by atoms with Crippen LogP contribution < -0.4 is 10.2 Å². The van der Waals surface area contributed by atoms with Gasteiger partial charge < -0.3 is 29.7 Å². The highest BCUT2D eigenvalue weighted by Gasteiger charge is 2.45. The predicted octanol–water partition coefficient (Wildman–Crippen LogP) is 4.43. The van der Waals surface area contributed by atoms with Crippen LogP contribution in [0.25, 0.3) is 10.9 Å². The number of benzene rings is 2. The van der Waals surface area contributed by atoms with Gasteiger partial charge in [0.1, 0.15) is 19.0 Å². The van der Waals surface area contributed by atoms with Crippen molar-refractivity contribution in [2.45, 2.75) is 38.6 Å². The van der Waals surface area contributed by atoms with Crippen LogP contribution in [0.3, 0.4) is 0 Å². The van der Waals surface area contributed by atoms with Crippen molar-refractivity contribution in [2.24, 2.45) is 0 Å². The van der Waals surface area contributed by atoms with Crippen LogP contribution in [0.1, 0.15) is 24.0 Å². The standard InChI is InChI=1S/C32H37F3N6O4/c1-22-18-28(39-14-16-40(17-15-39)31(44)45-21-23-6-4-3-5-7-23)37-27-9-8-24(19-26(22)27)36-29(42)20-41(30(43)32(33,34)35)25-10-12-38(2)13-11-25/h3-9,18-19,25H,10-17,20-21H2,1-2H3,(H,36,42). The molecule has 0 saturated carbocycles. The van der Waals surface area contributed by atoms with E-state index in [0.717, 1.165) is 22.3 Å². The smallest absolute Gasteiger partial charge is 0.445 e. The van der Waals surface area contributed by atoms with Gasteiger partial charge in [-0.2, -0.15) is 13.2 Å². The molecule has 0 atom stereocenters. The first kappa shape index (κ1) is 32.0. The molecule has 5 rings (SSSR count). The summed E-state index contributed by atoms with van der Waals surface area (Å²) < 4.78 is 45.6. The van der Waals surface area contributed by atoms with Gasteiger partial charge in [-0.05, 0) is 75.3 Å². The maximum absolute atomic E-state index is 13.4. The number of alkyl halides is 3. The quantitative estimate of drug-likeness (QED) is 0.415. The van der Waals surface area contributed by atoms with E-state index >= 15 is 0 Å². The topological polar surface area (TPSA) is 98.3 Å². The molecule has 3 amide bonds. The molecule has 0 aliphatic carbocycles. The minimum atomic E-state index is -5.06. The molecule has 13 heteroatoms. The summed E-state index contributed by atoms with van der Waals surface area (Å²) in [6, 6.07) is 15.9. The maximum atomic E-state index is 13.4. The van der Waals surface area contributed by atoms with Crippen LogP contribution in [-0.4, -0.2) is 103 Å². The Kier molecular flexibility index (Phi) is 9.76. The average Bonchev–Trinajstić information content (AvgIpc) is 3.03. The van der Waals surface area contributed by atoms with Gasteiger partial charge in [-0.1, -0.05) is 30.3 Å². The van der Waals surface area contributed by atoms with E-state index in [9.17, 15) is 27.6 Å².